The average molecular weight is 536 g/mol. The van der Waals surface area contributed by atoms with Gasteiger partial charge in [0.05, 0.1) is 5.75 Å². The number of nitrogens with zero attached hydrogens (tertiary/aromatic N) is 1. The van der Waals surface area contributed by atoms with Crippen molar-refractivity contribution in [2.45, 2.75) is 24.8 Å². The summed E-state index contributed by atoms with van der Waals surface area (Å²) in [6.45, 7) is 0.270. The van der Waals surface area contributed by atoms with Gasteiger partial charge < -0.3 is 10.2 Å². The standard InChI is InChI=1S/C26H25Cl3N2O2S/c1-30-26(33)24(13-18-6-3-2-4-7-18)31(15-19-8-5-9-21(27)12-19)25(32)17-34-16-20-10-11-22(28)14-23(20)29/h2-12,14,24H,13,15-17H2,1H3,(H,30,33)/t24-/m1/s1. The minimum Gasteiger partial charge on any atom is -0.357 e. The van der Waals surface area contributed by atoms with Crippen LogP contribution in [0, 0.1) is 0 Å². The molecule has 0 heterocycles. The average Bonchev–Trinajstić information content (AvgIpc) is 2.83. The number of likely N-dealkylation sites (N-methyl/N-ethyl adjacent to an activating group) is 1. The van der Waals surface area contributed by atoms with Crippen molar-refractivity contribution in [2.75, 3.05) is 12.8 Å². The minimum absolute atomic E-state index is 0.139. The van der Waals surface area contributed by atoms with E-state index in [1.807, 2.05) is 54.6 Å². The van der Waals surface area contributed by atoms with Crippen molar-refractivity contribution in [1.82, 2.24) is 10.2 Å². The SMILES string of the molecule is CNC(=O)[C@@H](Cc1ccccc1)N(Cc1cccc(Cl)c1)C(=O)CSCc1ccc(Cl)cc1Cl. The Morgan fingerprint density at radius 2 is 1.62 bits per heavy atom. The summed E-state index contributed by atoms with van der Waals surface area (Å²) in [7, 11) is 1.58. The van der Waals surface area contributed by atoms with Gasteiger partial charge in [0.25, 0.3) is 0 Å². The van der Waals surface area contributed by atoms with Crippen LogP contribution < -0.4 is 5.32 Å². The van der Waals surface area contributed by atoms with Gasteiger partial charge >= 0.3 is 0 Å². The van der Waals surface area contributed by atoms with E-state index in [9.17, 15) is 9.59 Å². The van der Waals surface area contributed by atoms with E-state index in [0.29, 0.717) is 27.2 Å². The summed E-state index contributed by atoms with van der Waals surface area (Å²) in [4.78, 5) is 28.0. The topological polar surface area (TPSA) is 49.4 Å². The van der Waals surface area contributed by atoms with E-state index in [2.05, 4.69) is 5.32 Å². The summed E-state index contributed by atoms with van der Waals surface area (Å²) in [5, 5.41) is 4.43. The van der Waals surface area contributed by atoms with Gasteiger partial charge in [0.2, 0.25) is 11.8 Å². The maximum atomic E-state index is 13.5. The zero-order valence-electron chi connectivity index (χ0n) is 18.6. The molecule has 0 aliphatic carbocycles. The second-order valence-corrected chi connectivity index (χ2v) is 9.97. The number of benzene rings is 3. The van der Waals surface area contributed by atoms with Crippen molar-refractivity contribution in [3.8, 4) is 0 Å². The lowest BCUT2D eigenvalue weighted by Crippen LogP contribution is -2.50. The molecule has 0 saturated carbocycles. The van der Waals surface area contributed by atoms with Crippen LogP contribution in [0.2, 0.25) is 15.1 Å². The van der Waals surface area contributed by atoms with E-state index in [0.717, 1.165) is 16.7 Å². The normalized spacial score (nSPS) is 11.6. The number of thioether (sulfide) groups is 1. The van der Waals surface area contributed by atoms with E-state index in [1.54, 1.807) is 30.1 Å². The van der Waals surface area contributed by atoms with Gasteiger partial charge in [-0.2, -0.15) is 0 Å². The highest BCUT2D eigenvalue weighted by Gasteiger charge is 2.29. The second-order valence-electron chi connectivity index (χ2n) is 7.70. The first kappa shape index (κ1) is 26.4. The van der Waals surface area contributed by atoms with Crippen molar-refractivity contribution < 1.29 is 9.59 Å². The molecule has 0 aliphatic heterocycles. The lowest BCUT2D eigenvalue weighted by atomic mass is 10.0. The molecular weight excluding hydrogens is 511 g/mol. The summed E-state index contributed by atoms with van der Waals surface area (Å²) in [5.74, 6) is 0.391. The molecule has 1 N–H and O–H groups in total. The molecule has 0 aromatic heterocycles. The monoisotopic (exact) mass is 534 g/mol. The predicted octanol–water partition coefficient (Wildman–Crippen LogP) is 6.27. The van der Waals surface area contributed by atoms with E-state index in [-0.39, 0.29) is 24.1 Å². The van der Waals surface area contributed by atoms with Crippen LogP contribution in [0.5, 0.6) is 0 Å². The third-order valence-corrected chi connectivity index (χ3v) is 7.05. The number of carbonyl (C=O) groups excluding carboxylic acids is 2. The quantitative estimate of drug-likeness (QED) is 0.333. The Labute approximate surface area is 219 Å². The summed E-state index contributed by atoms with van der Waals surface area (Å²) in [5.41, 5.74) is 2.73. The highest BCUT2D eigenvalue weighted by molar-refractivity contribution is 7.99. The van der Waals surface area contributed by atoms with Gasteiger partial charge in [0.1, 0.15) is 6.04 Å². The van der Waals surface area contributed by atoms with Crippen LogP contribution in [0.1, 0.15) is 16.7 Å². The first-order chi connectivity index (χ1) is 16.4. The Hall–Kier alpha value is -2.18. The van der Waals surface area contributed by atoms with Crippen LogP contribution in [-0.4, -0.2) is 35.6 Å². The van der Waals surface area contributed by atoms with E-state index in [1.165, 1.54) is 11.8 Å². The van der Waals surface area contributed by atoms with Gasteiger partial charge in [-0.1, -0.05) is 83.3 Å². The molecule has 2 amide bonds. The lowest BCUT2D eigenvalue weighted by Gasteiger charge is -2.31. The Kier molecular flexibility index (Phi) is 10.1. The largest absolute Gasteiger partial charge is 0.357 e. The third-order valence-electron chi connectivity index (χ3n) is 5.26. The van der Waals surface area contributed by atoms with Crippen LogP contribution in [0.25, 0.3) is 0 Å². The van der Waals surface area contributed by atoms with Crippen molar-refractivity contribution >= 4 is 58.4 Å². The molecule has 0 fully saturated rings. The van der Waals surface area contributed by atoms with Crippen LogP contribution in [0.15, 0.2) is 72.8 Å². The second kappa shape index (κ2) is 13.1. The summed E-state index contributed by atoms with van der Waals surface area (Å²) in [6, 6.07) is 21.7. The minimum atomic E-state index is -0.668. The number of nitrogens with one attached hydrogen (secondary N) is 1. The Bertz CT molecular complexity index is 1130. The van der Waals surface area contributed by atoms with Gasteiger partial charge in [-0.25, -0.2) is 0 Å². The molecule has 0 spiro atoms. The van der Waals surface area contributed by atoms with Crippen molar-refractivity contribution in [3.05, 3.63) is 105 Å². The van der Waals surface area contributed by atoms with Gasteiger partial charge in [-0.15, -0.1) is 11.8 Å². The fourth-order valence-electron chi connectivity index (χ4n) is 3.52. The van der Waals surface area contributed by atoms with Crippen LogP contribution in [-0.2, 0) is 28.3 Å². The highest BCUT2D eigenvalue weighted by atomic mass is 35.5. The zero-order chi connectivity index (χ0) is 24.5. The molecule has 0 saturated heterocycles. The fourth-order valence-corrected chi connectivity index (χ4v) is 5.20. The molecule has 1 atom stereocenters. The summed E-state index contributed by atoms with van der Waals surface area (Å²) in [6.07, 6.45) is 0.403. The molecule has 0 bridgehead atoms. The maximum absolute atomic E-state index is 13.5. The highest BCUT2D eigenvalue weighted by Crippen LogP contribution is 2.25. The lowest BCUT2D eigenvalue weighted by molar-refractivity contribution is -0.139. The van der Waals surface area contributed by atoms with Crippen LogP contribution in [0.3, 0.4) is 0 Å². The first-order valence-corrected chi connectivity index (χ1v) is 13.0. The molecule has 0 aliphatic rings. The zero-order valence-corrected chi connectivity index (χ0v) is 21.7. The van der Waals surface area contributed by atoms with Crippen molar-refractivity contribution in [2.24, 2.45) is 0 Å². The Balaban J connectivity index is 1.81. The van der Waals surface area contributed by atoms with E-state index >= 15 is 0 Å². The summed E-state index contributed by atoms with van der Waals surface area (Å²) < 4.78 is 0. The van der Waals surface area contributed by atoms with Crippen LogP contribution >= 0.6 is 46.6 Å². The smallest absolute Gasteiger partial charge is 0.242 e. The molecule has 178 valence electrons. The molecule has 0 unspecified atom stereocenters. The Morgan fingerprint density at radius 1 is 0.912 bits per heavy atom. The number of rotatable bonds is 10. The van der Waals surface area contributed by atoms with E-state index < -0.39 is 6.04 Å². The predicted molar refractivity (Wildman–Crippen MR) is 143 cm³/mol. The molecule has 8 heteroatoms. The van der Waals surface area contributed by atoms with Crippen LogP contribution in [0.4, 0.5) is 0 Å². The van der Waals surface area contributed by atoms with Crippen molar-refractivity contribution in [1.29, 1.82) is 0 Å². The number of amides is 2. The number of hydrogen-bond acceptors (Lipinski definition) is 3. The maximum Gasteiger partial charge on any atom is 0.242 e. The van der Waals surface area contributed by atoms with Crippen molar-refractivity contribution in [3.63, 3.8) is 0 Å². The van der Waals surface area contributed by atoms with E-state index in [4.69, 9.17) is 34.8 Å². The molecule has 0 radical (unpaired) electrons. The van der Waals surface area contributed by atoms with Gasteiger partial charge in [0.15, 0.2) is 0 Å². The third kappa shape index (κ3) is 7.67. The molecule has 34 heavy (non-hydrogen) atoms. The summed E-state index contributed by atoms with van der Waals surface area (Å²) >= 11 is 19.9. The molecule has 3 aromatic carbocycles. The number of halogens is 3. The fraction of sp³-hybridized carbons (Fsp3) is 0.231. The van der Waals surface area contributed by atoms with Gasteiger partial charge in [-0.05, 0) is 41.0 Å². The number of hydrogen-bond donors (Lipinski definition) is 1. The Morgan fingerprint density at radius 3 is 2.29 bits per heavy atom. The molecular formula is C26H25Cl3N2O2S. The first-order valence-electron chi connectivity index (χ1n) is 10.7. The van der Waals surface area contributed by atoms with Gasteiger partial charge in [-0.3, -0.25) is 9.59 Å². The molecule has 3 rings (SSSR count). The number of carbonyl (C=O) groups is 2. The molecule has 3 aromatic rings. The van der Waals surface area contributed by atoms with Gasteiger partial charge in [0, 0.05) is 40.8 Å². The molecule has 4 nitrogen and oxygen atoms in total.